The Bertz CT molecular complexity index is 962. The molecule has 0 aliphatic rings. The van der Waals surface area contributed by atoms with Crippen LogP contribution in [0.3, 0.4) is 0 Å². The van der Waals surface area contributed by atoms with Crippen molar-refractivity contribution in [3.05, 3.63) is 46.5 Å². The summed E-state index contributed by atoms with van der Waals surface area (Å²) in [6.45, 7) is -1.66. The molecule has 0 saturated carbocycles. The van der Waals surface area contributed by atoms with Gasteiger partial charge in [0.15, 0.2) is 11.7 Å². The molecule has 0 saturated heterocycles. The summed E-state index contributed by atoms with van der Waals surface area (Å²) in [4.78, 5) is 10.3. The van der Waals surface area contributed by atoms with Gasteiger partial charge in [-0.25, -0.2) is 8.78 Å². The first-order chi connectivity index (χ1) is 14.6. The SMILES string of the molecule is COc1ccc(OC)c(NC(=S)Nc2cc(OCC(F)(F)C(F)F)cc([N+](=O)[O-])c2)c1. The van der Waals surface area contributed by atoms with Crippen molar-refractivity contribution in [2.24, 2.45) is 0 Å². The molecule has 2 aromatic carbocycles. The number of nitrogens with zero attached hydrogens (tertiary/aromatic N) is 1. The van der Waals surface area contributed by atoms with Crippen LogP contribution in [0.1, 0.15) is 0 Å². The van der Waals surface area contributed by atoms with Crippen LogP contribution in [0.5, 0.6) is 17.2 Å². The molecule has 0 aliphatic heterocycles. The van der Waals surface area contributed by atoms with Gasteiger partial charge in [-0.15, -0.1) is 0 Å². The van der Waals surface area contributed by atoms with E-state index in [-0.39, 0.29) is 10.8 Å². The molecule has 0 unspecified atom stereocenters. The van der Waals surface area contributed by atoms with E-state index in [1.807, 2.05) is 0 Å². The predicted octanol–water partition coefficient (Wildman–Crippen LogP) is 4.70. The molecule has 31 heavy (non-hydrogen) atoms. The molecule has 0 radical (unpaired) electrons. The number of hydrogen-bond donors (Lipinski definition) is 2. The van der Waals surface area contributed by atoms with Gasteiger partial charge in [0.25, 0.3) is 5.69 Å². The van der Waals surface area contributed by atoms with Gasteiger partial charge in [0.2, 0.25) is 0 Å². The normalized spacial score (nSPS) is 11.1. The third kappa shape index (κ3) is 6.57. The number of anilines is 2. The number of thiocarbonyl (C=S) groups is 1. The fourth-order valence-corrected chi connectivity index (χ4v) is 2.51. The third-order valence-corrected chi connectivity index (χ3v) is 3.97. The molecule has 13 heteroatoms. The highest BCUT2D eigenvalue weighted by Gasteiger charge is 2.41. The molecule has 0 aromatic heterocycles. The molecule has 0 amide bonds. The molecule has 168 valence electrons. The second-order valence-electron chi connectivity index (χ2n) is 5.97. The topological polar surface area (TPSA) is 94.9 Å². The molecular formula is C18H17F4N3O5S. The lowest BCUT2D eigenvalue weighted by Crippen LogP contribution is -2.33. The molecular weight excluding hydrogens is 446 g/mol. The third-order valence-electron chi connectivity index (χ3n) is 3.77. The van der Waals surface area contributed by atoms with Crippen LogP contribution in [0, 0.1) is 10.1 Å². The molecule has 0 atom stereocenters. The van der Waals surface area contributed by atoms with Crippen LogP contribution >= 0.6 is 12.2 Å². The van der Waals surface area contributed by atoms with Crippen molar-refractivity contribution in [1.29, 1.82) is 0 Å². The Morgan fingerprint density at radius 1 is 1.13 bits per heavy atom. The lowest BCUT2D eigenvalue weighted by molar-refractivity contribution is -0.384. The van der Waals surface area contributed by atoms with Gasteiger partial charge >= 0.3 is 12.3 Å². The smallest absolute Gasteiger partial charge is 0.340 e. The number of alkyl halides is 4. The first-order valence-corrected chi connectivity index (χ1v) is 8.85. The molecule has 0 bridgehead atoms. The average molecular weight is 463 g/mol. The average Bonchev–Trinajstić information content (AvgIpc) is 2.71. The first-order valence-electron chi connectivity index (χ1n) is 8.44. The highest BCUT2D eigenvalue weighted by atomic mass is 32.1. The Labute approximate surface area is 179 Å². The number of hydrogen-bond acceptors (Lipinski definition) is 6. The lowest BCUT2D eigenvalue weighted by Gasteiger charge is -2.17. The van der Waals surface area contributed by atoms with Crippen molar-refractivity contribution in [3.8, 4) is 17.2 Å². The quantitative estimate of drug-likeness (QED) is 0.239. The maximum atomic E-state index is 13.1. The summed E-state index contributed by atoms with van der Waals surface area (Å²) in [5.74, 6) is -3.92. The number of nitrogens with one attached hydrogen (secondary N) is 2. The minimum absolute atomic E-state index is 0.00364. The Morgan fingerprint density at radius 3 is 2.42 bits per heavy atom. The molecule has 0 heterocycles. The highest BCUT2D eigenvalue weighted by Crippen LogP contribution is 2.31. The van der Waals surface area contributed by atoms with Crippen LogP contribution in [0.15, 0.2) is 36.4 Å². The number of methoxy groups -OCH3 is 2. The Hall–Kier alpha value is -3.35. The van der Waals surface area contributed by atoms with Gasteiger partial charge in [-0.1, -0.05) is 0 Å². The van der Waals surface area contributed by atoms with Crippen LogP contribution in [-0.4, -0.2) is 43.2 Å². The zero-order valence-electron chi connectivity index (χ0n) is 16.2. The fraction of sp³-hybridized carbons (Fsp3) is 0.278. The minimum atomic E-state index is -4.42. The van der Waals surface area contributed by atoms with Gasteiger partial charge in [-0.3, -0.25) is 10.1 Å². The predicted molar refractivity (Wildman–Crippen MR) is 109 cm³/mol. The van der Waals surface area contributed by atoms with Gasteiger partial charge in [0.1, 0.15) is 17.2 Å². The summed E-state index contributed by atoms with van der Waals surface area (Å²) in [7, 11) is 2.90. The zero-order valence-corrected chi connectivity index (χ0v) is 17.0. The largest absolute Gasteiger partial charge is 0.497 e. The van der Waals surface area contributed by atoms with E-state index in [4.69, 9.17) is 21.7 Å². The van der Waals surface area contributed by atoms with E-state index in [1.54, 1.807) is 18.2 Å². The number of nitro benzene ring substituents is 1. The van der Waals surface area contributed by atoms with Gasteiger partial charge in [-0.05, 0) is 24.4 Å². The maximum absolute atomic E-state index is 13.1. The number of nitro groups is 1. The van der Waals surface area contributed by atoms with Crippen LogP contribution < -0.4 is 24.8 Å². The Morgan fingerprint density at radius 2 is 1.84 bits per heavy atom. The standard InChI is InChI=1S/C18H17F4N3O5S/c1-28-12-3-4-15(29-2)14(8-12)24-17(31)23-10-5-11(25(26)27)7-13(6-10)30-9-18(21,22)16(19)20/h3-8,16H,9H2,1-2H3,(H2,23,24,31). The fourth-order valence-electron chi connectivity index (χ4n) is 2.28. The molecule has 2 aromatic rings. The van der Waals surface area contributed by atoms with Gasteiger partial charge in [-0.2, -0.15) is 8.78 Å². The Balaban J connectivity index is 2.21. The van der Waals surface area contributed by atoms with Crippen LogP contribution in [0.2, 0.25) is 0 Å². The summed E-state index contributed by atoms with van der Waals surface area (Å²) in [6, 6.07) is 7.85. The van der Waals surface area contributed by atoms with Crippen molar-refractivity contribution in [3.63, 3.8) is 0 Å². The van der Waals surface area contributed by atoms with Crippen molar-refractivity contribution in [1.82, 2.24) is 0 Å². The van der Waals surface area contributed by atoms with E-state index in [0.29, 0.717) is 17.2 Å². The molecule has 0 spiro atoms. The molecule has 2 rings (SSSR count). The van der Waals surface area contributed by atoms with E-state index in [0.717, 1.165) is 18.2 Å². The Kier molecular flexibility index (Phi) is 7.80. The summed E-state index contributed by atoms with van der Waals surface area (Å²) in [5, 5.41) is 16.5. The van der Waals surface area contributed by atoms with E-state index in [9.17, 15) is 27.7 Å². The van der Waals surface area contributed by atoms with Crippen molar-refractivity contribution in [2.45, 2.75) is 12.3 Å². The number of benzene rings is 2. The molecule has 0 fully saturated rings. The van der Waals surface area contributed by atoms with Crippen molar-refractivity contribution < 1.29 is 36.7 Å². The first kappa shape index (κ1) is 23.9. The number of non-ortho nitro benzene ring substituents is 1. The second kappa shape index (κ2) is 10.1. The second-order valence-corrected chi connectivity index (χ2v) is 6.38. The van der Waals surface area contributed by atoms with E-state index < -0.39 is 35.3 Å². The molecule has 0 aliphatic carbocycles. The van der Waals surface area contributed by atoms with Gasteiger partial charge < -0.3 is 24.8 Å². The summed E-state index contributed by atoms with van der Waals surface area (Å²) < 4.78 is 65.8. The summed E-state index contributed by atoms with van der Waals surface area (Å²) >= 11 is 5.17. The maximum Gasteiger partial charge on any atom is 0.340 e. The monoisotopic (exact) mass is 463 g/mol. The van der Waals surface area contributed by atoms with Crippen LogP contribution in [-0.2, 0) is 0 Å². The van der Waals surface area contributed by atoms with Crippen LogP contribution in [0.25, 0.3) is 0 Å². The highest BCUT2D eigenvalue weighted by molar-refractivity contribution is 7.80. The van der Waals surface area contributed by atoms with Gasteiger partial charge in [0, 0.05) is 18.2 Å². The summed E-state index contributed by atoms with van der Waals surface area (Å²) in [6.07, 6.45) is -3.95. The summed E-state index contributed by atoms with van der Waals surface area (Å²) in [5.41, 5.74) is -0.108. The number of rotatable bonds is 9. The van der Waals surface area contributed by atoms with Crippen molar-refractivity contribution >= 4 is 34.4 Å². The van der Waals surface area contributed by atoms with E-state index in [1.165, 1.54) is 14.2 Å². The zero-order chi connectivity index (χ0) is 23.2. The minimum Gasteiger partial charge on any atom is -0.497 e. The number of halogens is 4. The molecule has 2 N–H and O–H groups in total. The number of ether oxygens (including phenoxy) is 3. The van der Waals surface area contributed by atoms with Gasteiger partial charge in [0.05, 0.1) is 36.6 Å². The molecule has 8 nitrogen and oxygen atoms in total. The lowest BCUT2D eigenvalue weighted by atomic mass is 10.2. The van der Waals surface area contributed by atoms with E-state index in [2.05, 4.69) is 15.4 Å². The van der Waals surface area contributed by atoms with E-state index >= 15 is 0 Å². The van der Waals surface area contributed by atoms with Crippen LogP contribution in [0.4, 0.5) is 34.6 Å². The van der Waals surface area contributed by atoms with Crippen molar-refractivity contribution in [2.75, 3.05) is 31.5 Å².